The molecule has 2 aromatic rings. The number of rotatable bonds is 6. The monoisotopic (exact) mass is 383 g/mol. The van der Waals surface area contributed by atoms with Gasteiger partial charge in [0.25, 0.3) is 0 Å². The molecule has 0 radical (unpaired) electrons. The Balaban J connectivity index is 0.000000646. The van der Waals surface area contributed by atoms with Gasteiger partial charge in [0.15, 0.2) is 17.4 Å². The van der Waals surface area contributed by atoms with Gasteiger partial charge in [-0.3, -0.25) is 0 Å². The first-order valence-electron chi connectivity index (χ1n) is 9.66. The van der Waals surface area contributed by atoms with Crippen LogP contribution >= 0.6 is 0 Å². The van der Waals surface area contributed by atoms with Crippen molar-refractivity contribution in [2.75, 3.05) is 0 Å². The van der Waals surface area contributed by atoms with Gasteiger partial charge in [0.1, 0.15) is 0 Å². The lowest BCUT2D eigenvalue weighted by molar-refractivity contribution is -0.736. The number of hydrogen-bond acceptors (Lipinski definition) is 0. The maximum atomic E-state index is 9.75. The zero-order chi connectivity index (χ0) is 20.6. The van der Waals surface area contributed by atoms with Crippen molar-refractivity contribution in [3.63, 3.8) is 0 Å². The summed E-state index contributed by atoms with van der Waals surface area (Å²) in [5, 5.41) is 0. The third kappa shape index (κ3) is 7.35. The van der Waals surface area contributed by atoms with E-state index in [0.717, 1.165) is 12.8 Å². The van der Waals surface area contributed by atoms with Gasteiger partial charge < -0.3 is 17.3 Å². The van der Waals surface area contributed by atoms with Gasteiger partial charge in [-0.15, -0.1) is 0 Å². The zero-order valence-corrected chi connectivity index (χ0v) is 16.9. The van der Waals surface area contributed by atoms with Crippen molar-refractivity contribution in [2.45, 2.75) is 66.3 Å². The summed E-state index contributed by atoms with van der Waals surface area (Å²) in [5.74, 6) is 0. The highest BCUT2D eigenvalue weighted by atomic mass is 19.5. The lowest BCUT2D eigenvalue weighted by Gasteiger charge is -2.16. The summed E-state index contributed by atoms with van der Waals surface area (Å²) in [6, 6.07) is 14.3. The molecule has 0 aliphatic heterocycles. The highest BCUT2D eigenvalue weighted by molar-refractivity contribution is 6.50. The smallest absolute Gasteiger partial charge is 0.418 e. The van der Waals surface area contributed by atoms with Gasteiger partial charge in [0, 0.05) is 37.8 Å². The highest BCUT2D eigenvalue weighted by Gasteiger charge is 2.24. The average Bonchev–Trinajstić information content (AvgIpc) is 2.61. The molecule has 0 spiro atoms. The van der Waals surface area contributed by atoms with Gasteiger partial charge in [0.2, 0.25) is 0 Å². The van der Waals surface area contributed by atoms with Crippen LogP contribution in [0.1, 0.15) is 63.5 Å². The van der Waals surface area contributed by atoms with Crippen molar-refractivity contribution in [2.24, 2.45) is 0 Å². The van der Waals surface area contributed by atoms with E-state index < -0.39 is 7.25 Å². The molecule has 0 aliphatic rings. The molecule has 150 valence electrons. The molecule has 1 heterocycles. The molecule has 1 nitrogen and oxygen atoms in total. The van der Waals surface area contributed by atoms with Crippen LogP contribution < -0.4 is 4.57 Å². The van der Waals surface area contributed by atoms with Crippen LogP contribution in [0.25, 0.3) is 11.1 Å². The predicted octanol–water partition coefficient (Wildman–Crippen LogP) is 6.74. The van der Waals surface area contributed by atoms with Crippen LogP contribution in [-0.2, 0) is 12.8 Å². The Labute approximate surface area is 160 Å². The minimum Gasteiger partial charge on any atom is -0.418 e. The zero-order valence-electron chi connectivity index (χ0n) is 16.9. The quantitative estimate of drug-likeness (QED) is 0.296. The Bertz CT molecular complexity index is 676. The lowest BCUT2D eigenvalue weighted by atomic mass is 10.00. The second-order valence-electron chi connectivity index (χ2n) is 6.64. The fourth-order valence-corrected chi connectivity index (χ4v) is 3.30. The van der Waals surface area contributed by atoms with Crippen molar-refractivity contribution in [1.82, 2.24) is 0 Å². The van der Waals surface area contributed by atoms with E-state index in [1.54, 1.807) is 0 Å². The van der Waals surface area contributed by atoms with Gasteiger partial charge in [0.05, 0.1) is 0 Å². The summed E-state index contributed by atoms with van der Waals surface area (Å²) >= 11 is 0. The average molecular weight is 383 g/mol. The van der Waals surface area contributed by atoms with Crippen LogP contribution in [0.3, 0.4) is 0 Å². The Hall–Kier alpha value is -1.85. The predicted molar refractivity (Wildman–Crippen MR) is 105 cm³/mol. The highest BCUT2D eigenvalue weighted by Crippen LogP contribution is 2.23. The normalized spacial score (nSPS) is 11.3. The summed E-state index contributed by atoms with van der Waals surface area (Å²) < 4.78 is 41.6. The maximum Gasteiger partial charge on any atom is 0.673 e. The topological polar surface area (TPSA) is 3.88 Å². The number of aromatic nitrogens is 1. The van der Waals surface area contributed by atoms with Crippen LogP contribution in [-0.4, -0.2) is 7.25 Å². The van der Waals surface area contributed by atoms with Crippen LogP contribution in [0, 0.1) is 6.92 Å². The molecule has 1 aromatic carbocycles. The molecule has 0 saturated carbocycles. The van der Waals surface area contributed by atoms with Gasteiger partial charge in [-0.2, -0.15) is 4.57 Å². The van der Waals surface area contributed by atoms with Crippen molar-refractivity contribution in [3.8, 4) is 11.1 Å². The number of hydrogen-bond donors (Lipinski definition) is 0. The lowest BCUT2D eigenvalue weighted by Crippen LogP contribution is -2.46. The number of halogens is 4. The SMILES string of the molecule is CCc1cc(-c2ccc(C)cc2)cc(CC)[n+]1C(CC)CC.F[B-](F)(F)F. The Morgan fingerprint density at radius 2 is 1.19 bits per heavy atom. The van der Waals surface area contributed by atoms with E-state index in [0.29, 0.717) is 6.04 Å². The summed E-state index contributed by atoms with van der Waals surface area (Å²) in [5.41, 5.74) is 6.92. The number of benzene rings is 1. The van der Waals surface area contributed by atoms with Crippen molar-refractivity contribution < 1.29 is 21.8 Å². The van der Waals surface area contributed by atoms with Crippen LogP contribution in [0.5, 0.6) is 0 Å². The Morgan fingerprint density at radius 1 is 0.778 bits per heavy atom. The standard InChI is InChI=1S/C21H30N.BF4/c1-6-19(7-2)22-20(8-3)14-18(15-21(22)9-4)17-12-10-16(5)11-13-17;2-1(3,4)5/h10-15,19H,6-9H2,1-5H3;/q+1;-1. The fourth-order valence-electron chi connectivity index (χ4n) is 3.30. The van der Waals surface area contributed by atoms with Crippen molar-refractivity contribution in [1.29, 1.82) is 0 Å². The van der Waals surface area contributed by atoms with E-state index in [-0.39, 0.29) is 0 Å². The summed E-state index contributed by atoms with van der Waals surface area (Å²) in [6.07, 6.45) is 4.57. The van der Waals surface area contributed by atoms with E-state index in [1.165, 1.54) is 40.9 Å². The first-order chi connectivity index (χ1) is 12.6. The molecule has 27 heavy (non-hydrogen) atoms. The van der Waals surface area contributed by atoms with Crippen molar-refractivity contribution >= 4 is 7.25 Å². The summed E-state index contributed by atoms with van der Waals surface area (Å²) in [6.45, 7) is 11.3. The largest absolute Gasteiger partial charge is 0.673 e. The minimum absolute atomic E-state index is 0.622. The molecule has 2 rings (SSSR count). The fraction of sp³-hybridized carbons (Fsp3) is 0.476. The summed E-state index contributed by atoms with van der Waals surface area (Å²) in [7, 11) is -6.00. The molecular weight excluding hydrogens is 353 g/mol. The molecule has 0 fully saturated rings. The third-order valence-corrected chi connectivity index (χ3v) is 4.68. The molecule has 0 aliphatic carbocycles. The third-order valence-electron chi connectivity index (χ3n) is 4.68. The van der Waals surface area contributed by atoms with Gasteiger partial charge in [-0.05, 0) is 18.1 Å². The molecule has 0 N–H and O–H groups in total. The van der Waals surface area contributed by atoms with E-state index in [4.69, 9.17) is 0 Å². The van der Waals surface area contributed by atoms with Crippen LogP contribution in [0.4, 0.5) is 17.3 Å². The van der Waals surface area contributed by atoms with E-state index in [1.807, 2.05) is 0 Å². The maximum absolute atomic E-state index is 9.75. The Kier molecular flexibility index (Phi) is 9.00. The number of nitrogens with zero attached hydrogens (tertiary/aromatic N) is 1. The van der Waals surface area contributed by atoms with E-state index in [9.17, 15) is 17.3 Å². The second-order valence-corrected chi connectivity index (χ2v) is 6.64. The van der Waals surface area contributed by atoms with E-state index >= 15 is 0 Å². The first-order valence-corrected chi connectivity index (χ1v) is 9.66. The summed E-state index contributed by atoms with van der Waals surface area (Å²) in [4.78, 5) is 0. The molecule has 0 unspecified atom stereocenters. The molecule has 0 atom stereocenters. The first kappa shape index (κ1) is 23.2. The molecule has 6 heteroatoms. The van der Waals surface area contributed by atoms with Crippen molar-refractivity contribution in [3.05, 3.63) is 53.3 Å². The van der Waals surface area contributed by atoms with Crippen LogP contribution in [0.15, 0.2) is 36.4 Å². The van der Waals surface area contributed by atoms with Gasteiger partial charge >= 0.3 is 7.25 Å². The molecular formula is C21H30BF4N. The van der Waals surface area contributed by atoms with Gasteiger partial charge in [-0.1, -0.05) is 57.5 Å². The van der Waals surface area contributed by atoms with Crippen LogP contribution in [0.2, 0.25) is 0 Å². The molecule has 1 aromatic heterocycles. The molecule has 0 saturated heterocycles. The second kappa shape index (κ2) is 10.5. The number of pyridine rings is 1. The van der Waals surface area contributed by atoms with Gasteiger partial charge in [-0.25, -0.2) is 0 Å². The molecule has 0 amide bonds. The number of aryl methyl sites for hydroxylation is 3. The molecule has 0 bridgehead atoms. The minimum atomic E-state index is -6.00. The Morgan fingerprint density at radius 3 is 1.52 bits per heavy atom. The van der Waals surface area contributed by atoms with E-state index in [2.05, 4.69) is 75.6 Å².